The van der Waals surface area contributed by atoms with Crippen molar-refractivity contribution >= 4 is 23.2 Å². The van der Waals surface area contributed by atoms with Crippen LogP contribution in [0.4, 0.5) is 5.69 Å². The van der Waals surface area contributed by atoms with Gasteiger partial charge in [0.05, 0.1) is 18.8 Å². The average Bonchev–Trinajstić information content (AvgIpc) is 2.57. The Balaban J connectivity index is 1.76. The van der Waals surface area contributed by atoms with Crippen molar-refractivity contribution in [1.29, 1.82) is 0 Å². The zero-order valence-corrected chi connectivity index (χ0v) is 15.3. The number of hydrogen-bond donors (Lipinski definition) is 1. The van der Waals surface area contributed by atoms with E-state index in [0.717, 1.165) is 5.75 Å². The number of rotatable bonds is 9. The molecule has 0 radical (unpaired) electrons. The molecule has 134 valence electrons. The van der Waals surface area contributed by atoms with Gasteiger partial charge in [-0.3, -0.25) is 9.69 Å². The second-order valence-electron chi connectivity index (χ2n) is 5.52. The molecular weight excluding hydrogens is 340 g/mol. The number of carbonyl (C=O) groups is 1. The summed E-state index contributed by atoms with van der Waals surface area (Å²) in [6.07, 6.45) is 0. The highest BCUT2D eigenvalue weighted by atomic mass is 35.5. The summed E-state index contributed by atoms with van der Waals surface area (Å²) in [6.45, 7) is 3.81. The van der Waals surface area contributed by atoms with Crippen molar-refractivity contribution in [2.24, 2.45) is 0 Å². The molecule has 2 rings (SSSR count). The summed E-state index contributed by atoms with van der Waals surface area (Å²) in [7, 11) is 1.87. The van der Waals surface area contributed by atoms with Gasteiger partial charge in [0, 0.05) is 11.6 Å². The molecule has 0 spiro atoms. The quantitative estimate of drug-likeness (QED) is 0.739. The van der Waals surface area contributed by atoms with Gasteiger partial charge in [-0.15, -0.1) is 0 Å². The molecule has 25 heavy (non-hydrogen) atoms. The molecule has 0 saturated heterocycles. The largest absolute Gasteiger partial charge is 0.492 e. The van der Waals surface area contributed by atoms with Crippen LogP contribution in [0.5, 0.6) is 11.5 Å². The maximum Gasteiger partial charge on any atom is 0.238 e. The first-order chi connectivity index (χ1) is 12.1. The van der Waals surface area contributed by atoms with Crippen LogP contribution in [0.1, 0.15) is 6.92 Å². The van der Waals surface area contributed by atoms with Crippen LogP contribution in [-0.4, -0.2) is 44.2 Å². The lowest BCUT2D eigenvalue weighted by Crippen LogP contribution is -2.33. The molecule has 6 heteroatoms. The summed E-state index contributed by atoms with van der Waals surface area (Å²) in [5.41, 5.74) is 0.679. The first kappa shape index (κ1) is 19.1. The second-order valence-corrected chi connectivity index (χ2v) is 5.96. The Labute approximate surface area is 153 Å². The van der Waals surface area contributed by atoms with Crippen molar-refractivity contribution in [3.63, 3.8) is 0 Å². The summed E-state index contributed by atoms with van der Waals surface area (Å²) < 4.78 is 11.1. The van der Waals surface area contributed by atoms with E-state index in [1.54, 1.807) is 12.1 Å². The molecule has 0 aromatic heterocycles. The standard InChI is InChI=1S/C19H23ClN2O3/c1-3-24-18-10-5-4-9-17(18)21-19(23)14-22(2)11-12-25-16-8-6-7-15(20)13-16/h4-10,13H,3,11-12,14H2,1-2H3,(H,21,23). The fraction of sp³-hybridized carbons (Fsp3) is 0.316. The van der Waals surface area contributed by atoms with Gasteiger partial charge < -0.3 is 14.8 Å². The van der Waals surface area contributed by atoms with E-state index >= 15 is 0 Å². The normalized spacial score (nSPS) is 10.6. The number of hydrogen-bond acceptors (Lipinski definition) is 4. The summed E-state index contributed by atoms with van der Waals surface area (Å²) in [4.78, 5) is 14.1. The lowest BCUT2D eigenvalue weighted by atomic mass is 10.3. The van der Waals surface area contributed by atoms with Crippen molar-refractivity contribution in [3.05, 3.63) is 53.6 Å². The predicted molar refractivity (Wildman–Crippen MR) is 101 cm³/mol. The summed E-state index contributed by atoms with van der Waals surface area (Å²) in [5.74, 6) is 1.29. The fourth-order valence-electron chi connectivity index (χ4n) is 2.24. The summed E-state index contributed by atoms with van der Waals surface area (Å²) >= 11 is 5.91. The maximum atomic E-state index is 12.2. The molecule has 0 unspecified atom stereocenters. The molecule has 2 aromatic rings. The van der Waals surface area contributed by atoms with E-state index in [-0.39, 0.29) is 12.5 Å². The highest BCUT2D eigenvalue weighted by Gasteiger charge is 2.10. The average molecular weight is 363 g/mol. The van der Waals surface area contributed by atoms with Gasteiger partial charge in [0.15, 0.2) is 0 Å². The number of anilines is 1. The van der Waals surface area contributed by atoms with Crippen LogP contribution in [0.2, 0.25) is 5.02 Å². The highest BCUT2D eigenvalue weighted by molar-refractivity contribution is 6.30. The van der Waals surface area contributed by atoms with Crippen molar-refractivity contribution in [3.8, 4) is 11.5 Å². The Kier molecular flexibility index (Phi) is 7.57. The van der Waals surface area contributed by atoms with Gasteiger partial charge in [0.1, 0.15) is 18.1 Å². The Bertz CT molecular complexity index is 694. The van der Waals surface area contributed by atoms with E-state index in [2.05, 4.69) is 5.32 Å². The Morgan fingerprint density at radius 1 is 1.16 bits per heavy atom. The van der Waals surface area contributed by atoms with Crippen LogP contribution >= 0.6 is 11.6 Å². The van der Waals surface area contributed by atoms with Crippen LogP contribution in [0.15, 0.2) is 48.5 Å². The Morgan fingerprint density at radius 2 is 1.96 bits per heavy atom. The lowest BCUT2D eigenvalue weighted by Gasteiger charge is -2.17. The zero-order valence-electron chi connectivity index (χ0n) is 14.5. The fourth-order valence-corrected chi connectivity index (χ4v) is 2.42. The van der Waals surface area contributed by atoms with Gasteiger partial charge in [0.2, 0.25) is 5.91 Å². The van der Waals surface area contributed by atoms with Crippen molar-refractivity contribution in [1.82, 2.24) is 4.90 Å². The third-order valence-corrected chi connectivity index (χ3v) is 3.65. The third kappa shape index (κ3) is 6.64. The molecule has 0 saturated carbocycles. The van der Waals surface area contributed by atoms with E-state index in [0.29, 0.717) is 36.2 Å². The first-order valence-corrected chi connectivity index (χ1v) is 8.55. The van der Waals surface area contributed by atoms with Gasteiger partial charge in [-0.05, 0) is 44.3 Å². The van der Waals surface area contributed by atoms with Crippen molar-refractivity contribution in [2.75, 3.05) is 38.7 Å². The maximum absolute atomic E-state index is 12.2. The molecule has 2 aromatic carbocycles. The molecule has 0 aliphatic carbocycles. The number of halogens is 1. The van der Waals surface area contributed by atoms with Crippen LogP contribution in [0.25, 0.3) is 0 Å². The summed E-state index contributed by atoms with van der Waals surface area (Å²) in [5, 5.41) is 3.52. The number of ether oxygens (including phenoxy) is 2. The van der Waals surface area contributed by atoms with Gasteiger partial charge >= 0.3 is 0 Å². The second kappa shape index (κ2) is 9.91. The van der Waals surface area contributed by atoms with E-state index < -0.39 is 0 Å². The topological polar surface area (TPSA) is 50.8 Å². The molecule has 5 nitrogen and oxygen atoms in total. The van der Waals surface area contributed by atoms with E-state index in [4.69, 9.17) is 21.1 Å². The monoisotopic (exact) mass is 362 g/mol. The number of nitrogens with zero attached hydrogens (tertiary/aromatic N) is 1. The number of likely N-dealkylation sites (N-methyl/N-ethyl adjacent to an activating group) is 1. The molecule has 1 N–H and O–H groups in total. The van der Waals surface area contributed by atoms with Gasteiger partial charge in [0.25, 0.3) is 0 Å². The highest BCUT2D eigenvalue weighted by Crippen LogP contribution is 2.23. The number of benzene rings is 2. The molecule has 0 heterocycles. The minimum Gasteiger partial charge on any atom is -0.492 e. The minimum absolute atomic E-state index is 0.0996. The zero-order chi connectivity index (χ0) is 18.1. The van der Waals surface area contributed by atoms with E-state index in [1.807, 2.05) is 55.3 Å². The van der Waals surface area contributed by atoms with Crippen LogP contribution in [0.3, 0.4) is 0 Å². The molecule has 0 aliphatic rings. The molecule has 0 bridgehead atoms. The van der Waals surface area contributed by atoms with E-state index in [1.165, 1.54) is 0 Å². The molecule has 1 amide bonds. The molecule has 0 atom stereocenters. The SMILES string of the molecule is CCOc1ccccc1NC(=O)CN(C)CCOc1cccc(Cl)c1. The Morgan fingerprint density at radius 3 is 2.72 bits per heavy atom. The van der Waals surface area contributed by atoms with Gasteiger partial charge in [-0.2, -0.15) is 0 Å². The van der Waals surface area contributed by atoms with Crippen LogP contribution in [-0.2, 0) is 4.79 Å². The van der Waals surface area contributed by atoms with Gasteiger partial charge in [-0.1, -0.05) is 29.8 Å². The third-order valence-electron chi connectivity index (χ3n) is 3.41. The smallest absolute Gasteiger partial charge is 0.238 e. The first-order valence-electron chi connectivity index (χ1n) is 8.17. The van der Waals surface area contributed by atoms with Crippen LogP contribution in [0, 0.1) is 0 Å². The minimum atomic E-state index is -0.0996. The summed E-state index contributed by atoms with van der Waals surface area (Å²) in [6, 6.07) is 14.6. The van der Waals surface area contributed by atoms with Crippen molar-refractivity contribution in [2.45, 2.75) is 6.92 Å². The lowest BCUT2D eigenvalue weighted by molar-refractivity contribution is -0.117. The van der Waals surface area contributed by atoms with E-state index in [9.17, 15) is 4.79 Å². The molecular formula is C19H23ClN2O3. The predicted octanol–water partition coefficient (Wildman–Crippen LogP) is 3.69. The molecule has 0 fully saturated rings. The van der Waals surface area contributed by atoms with Crippen LogP contribution < -0.4 is 14.8 Å². The number of nitrogens with one attached hydrogen (secondary N) is 1. The number of amides is 1. The number of carbonyl (C=O) groups excluding carboxylic acids is 1. The van der Waals surface area contributed by atoms with Crippen molar-refractivity contribution < 1.29 is 14.3 Å². The number of para-hydroxylation sites is 2. The molecule has 0 aliphatic heterocycles. The van der Waals surface area contributed by atoms with Gasteiger partial charge in [-0.25, -0.2) is 0 Å². The Hall–Kier alpha value is -2.24.